The van der Waals surface area contributed by atoms with Crippen molar-refractivity contribution in [2.75, 3.05) is 0 Å². The van der Waals surface area contributed by atoms with Crippen LogP contribution in [0.15, 0.2) is 24.3 Å². The number of fused-ring (bicyclic) bond motifs is 1. The molecule has 3 heteroatoms. The molecule has 1 aromatic rings. The normalized spacial score (nSPS) is 19.7. The number of rotatable bonds is 2. The van der Waals surface area contributed by atoms with E-state index in [1.54, 1.807) is 6.07 Å². The summed E-state index contributed by atoms with van der Waals surface area (Å²) in [5, 5.41) is 8.77. The highest BCUT2D eigenvalue weighted by Gasteiger charge is 2.26. The first-order chi connectivity index (χ1) is 7.18. The minimum atomic E-state index is -0.802. The molecular weight excluding hydrogens is 192 g/mol. The highest BCUT2D eigenvalue weighted by atomic mass is 16.4. The van der Waals surface area contributed by atoms with Crippen LogP contribution in [0.3, 0.4) is 0 Å². The SMILES string of the molecule is O=C(O)CC1CCC(=O)c2ccccc21. The number of hydrogen-bond donors (Lipinski definition) is 1. The van der Waals surface area contributed by atoms with Gasteiger partial charge in [-0.15, -0.1) is 0 Å². The second-order valence-corrected chi connectivity index (χ2v) is 3.84. The van der Waals surface area contributed by atoms with Crippen molar-refractivity contribution in [2.24, 2.45) is 0 Å². The highest BCUT2D eigenvalue weighted by molar-refractivity contribution is 5.99. The zero-order chi connectivity index (χ0) is 10.8. The molecule has 0 amide bonds. The third-order valence-corrected chi connectivity index (χ3v) is 2.84. The van der Waals surface area contributed by atoms with E-state index in [0.717, 1.165) is 5.56 Å². The Morgan fingerprint density at radius 3 is 2.87 bits per heavy atom. The molecule has 0 spiro atoms. The number of benzene rings is 1. The van der Waals surface area contributed by atoms with E-state index in [0.29, 0.717) is 18.4 Å². The van der Waals surface area contributed by atoms with Crippen molar-refractivity contribution < 1.29 is 14.7 Å². The van der Waals surface area contributed by atoms with Gasteiger partial charge in [-0.05, 0) is 17.9 Å². The summed E-state index contributed by atoms with van der Waals surface area (Å²) < 4.78 is 0. The van der Waals surface area contributed by atoms with Crippen molar-refractivity contribution in [3.8, 4) is 0 Å². The van der Waals surface area contributed by atoms with Gasteiger partial charge in [0.05, 0.1) is 6.42 Å². The molecule has 0 saturated carbocycles. The number of Topliss-reactive ketones (excluding diaryl/α,β-unsaturated/α-hetero) is 1. The van der Waals surface area contributed by atoms with Crippen molar-refractivity contribution in [3.63, 3.8) is 0 Å². The topological polar surface area (TPSA) is 54.4 Å². The minimum absolute atomic E-state index is 0.00333. The Morgan fingerprint density at radius 1 is 1.40 bits per heavy atom. The first-order valence-electron chi connectivity index (χ1n) is 5.02. The molecule has 1 aliphatic rings. The fourth-order valence-corrected chi connectivity index (χ4v) is 2.13. The molecule has 0 saturated heterocycles. The summed E-state index contributed by atoms with van der Waals surface area (Å²) >= 11 is 0. The lowest BCUT2D eigenvalue weighted by Gasteiger charge is -2.22. The summed E-state index contributed by atoms with van der Waals surface area (Å²) in [4.78, 5) is 22.2. The average molecular weight is 204 g/mol. The standard InChI is InChI=1S/C12H12O3/c13-11-6-5-8(7-12(14)15)9-3-1-2-4-10(9)11/h1-4,8H,5-7H2,(H,14,15). The van der Waals surface area contributed by atoms with Gasteiger partial charge < -0.3 is 5.11 Å². The Morgan fingerprint density at radius 2 is 2.13 bits per heavy atom. The Bertz CT molecular complexity index is 409. The summed E-state index contributed by atoms with van der Waals surface area (Å²) in [6.45, 7) is 0. The zero-order valence-electron chi connectivity index (χ0n) is 8.27. The van der Waals surface area contributed by atoms with Crippen LogP contribution in [0, 0.1) is 0 Å². The van der Waals surface area contributed by atoms with Crippen LogP contribution in [0.5, 0.6) is 0 Å². The van der Waals surface area contributed by atoms with Crippen molar-refractivity contribution in [1.29, 1.82) is 0 Å². The van der Waals surface area contributed by atoms with Crippen LogP contribution in [0.2, 0.25) is 0 Å². The monoisotopic (exact) mass is 204 g/mol. The van der Waals surface area contributed by atoms with Gasteiger partial charge in [-0.1, -0.05) is 24.3 Å². The molecule has 78 valence electrons. The van der Waals surface area contributed by atoms with E-state index in [9.17, 15) is 9.59 Å². The number of carboxylic acids is 1. The predicted molar refractivity (Wildman–Crippen MR) is 55.0 cm³/mol. The molecule has 1 aromatic carbocycles. The quantitative estimate of drug-likeness (QED) is 0.803. The molecule has 0 bridgehead atoms. The van der Waals surface area contributed by atoms with Crippen LogP contribution in [-0.4, -0.2) is 16.9 Å². The van der Waals surface area contributed by atoms with Gasteiger partial charge >= 0.3 is 5.97 Å². The largest absolute Gasteiger partial charge is 0.481 e. The van der Waals surface area contributed by atoms with E-state index in [1.165, 1.54) is 0 Å². The summed E-state index contributed by atoms with van der Waals surface area (Å²) in [5.74, 6) is -0.673. The van der Waals surface area contributed by atoms with Crippen molar-refractivity contribution in [1.82, 2.24) is 0 Å². The molecule has 1 aliphatic carbocycles. The first kappa shape index (κ1) is 9.90. The first-order valence-corrected chi connectivity index (χ1v) is 5.02. The molecule has 2 rings (SSSR count). The van der Waals surface area contributed by atoms with E-state index in [2.05, 4.69) is 0 Å². The maximum Gasteiger partial charge on any atom is 0.303 e. The minimum Gasteiger partial charge on any atom is -0.481 e. The number of ketones is 1. The molecule has 1 unspecified atom stereocenters. The molecule has 3 nitrogen and oxygen atoms in total. The van der Waals surface area contributed by atoms with Crippen molar-refractivity contribution in [3.05, 3.63) is 35.4 Å². The lowest BCUT2D eigenvalue weighted by atomic mass is 9.80. The van der Waals surface area contributed by atoms with E-state index in [-0.39, 0.29) is 18.1 Å². The summed E-state index contributed by atoms with van der Waals surface area (Å²) in [6.07, 6.45) is 1.24. The third-order valence-electron chi connectivity index (χ3n) is 2.84. The molecule has 0 aliphatic heterocycles. The van der Waals surface area contributed by atoms with E-state index >= 15 is 0 Å². The van der Waals surface area contributed by atoms with Crippen LogP contribution in [0.4, 0.5) is 0 Å². The summed E-state index contributed by atoms with van der Waals surface area (Å²) in [7, 11) is 0. The van der Waals surface area contributed by atoms with Gasteiger partial charge in [0, 0.05) is 12.0 Å². The molecule has 0 radical (unpaired) electrons. The Labute approximate surface area is 87.7 Å². The van der Waals surface area contributed by atoms with Gasteiger partial charge in [0.15, 0.2) is 5.78 Å². The van der Waals surface area contributed by atoms with Crippen LogP contribution >= 0.6 is 0 Å². The van der Waals surface area contributed by atoms with Gasteiger partial charge in [0.1, 0.15) is 0 Å². The van der Waals surface area contributed by atoms with Crippen LogP contribution < -0.4 is 0 Å². The molecule has 1 atom stereocenters. The van der Waals surface area contributed by atoms with E-state index in [4.69, 9.17) is 5.11 Å². The fourth-order valence-electron chi connectivity index (χ4n) is 2.13. The number of aliphatic carboxylic acids is 1. The van der Waals surface area contributed by atoms with Crippen molar-refractivity contribution in [2.45, 2.75) is 25.2 Å². The van der Waals surface area contributed by atoms with Crippen LogP contribution in [0.1, 0.15) is 41.1 Å². The molecule has 0 heterocycles. The van der Waals surface area contributed by atoms with Gasteiger partial charge in [-0.3, -0.25) is 9.59 Å². The lowest BCUT2D eigenvalue weighted by Crippen LogP contribution is -2.17. The molecule has 0 fully saturated rings. The number of carboxylic acid groups (broad SMARTS) is 1. The van der Waals surface area contributed by atoms with Gasteiger partial charge in [0.25, 0.3) is 0 Å². The zero-order valence-corrected chi connectivity index (χ0v) is 8.27. The van der Waals surface area contributed by atoms with Gasteiger partial charge in [0.2, 0.25) is 0 Å². The summed E-state index contributed by atoms with van der Waals surface area (Å²) in [6, 6.07) is 7.32. The summed E-state index contributed by atoms with van der Waals surface area (Å²) in [5.41, 5.74) is 1.60. The smallest absolute Gasteiger partial charge is 0.303 e. The molecule has 1 N–H and O–H groups in total. The Balaban J connectivity index is 2.36. The fraction of sp³-hybridized carbons (Fsp3) is 0.333. The number of carbonyl (C=O) groups excluding carboxylic acids is 1. The molecule has 15 heavy (non-hydrogen) atoms. The predicted octanol–water partition coefficient (Wildman–Crippen LogP) is 2.22. The van der Waals surface area contributed by atoms with Gasteiger partial charge in [-0.2, -0.15) is 0 Å². The highest BCUT2D eigenvalue weighted by Crippen LogP contribution is 2.33. The second kappa shape index (κ2) is 3.85. The average Bonchev–Trinajstić information content (AvgIpc) is 2.22. The van der Waals surface area contributed by atoms with Crippen LogP contribution in [0.25, 0.3) is 0 Å². The maximum absolute atomic E-state index is 11.6. The van der Waals surface area contributed by atoms with E-state index in [1.807, 2.05) is 18.2 Å². The third kappa shape index (κ3) is 1.91. The second-order valence-electron chi connectivity index (χ2n) is 3.84. The van der Waals surface area contributed by atoms with E-state index < -0.39 is 5.97 Å². The van der Waals surface area contributed by atoms with Crippen molar-refractivity contribution >= 4 is 11.8 Å². The Kier molecular flexibility index (Phi) is 2.54. The number of hydrogen-bond acceptors (Lipinski definition) is 2. The molecular formula is C12H12O3. The lowest BCUT2D eigenvalue weighted by molar-refractivity contribution is -0.137. The number of carbonyl (C=O) groups is 2. The van der Waals surface area contributed by atoms with Crippen LogP contribution in [-0.2, 0) is 4.79 Å². The maximum atomic E-state index is 11.6. The Hall–Kier alpha value is -1.64. The molecule has 0 aromatic heterocycles. The van der Waals surface area contributed by atoms with Gasteiger partial charge in [-0.25, -0.2) is 0 Å².